The quantitative estimate of drug-likeness (QED) is 0.853. The second kappa shape index (κ2) is 7.23. The largest absolute Gasteiger partial charge is 0.326 e. The molecule has 2 aromatic rings. The Bertz CT molecular complexity index is 899. The van der Waals surface area contributed by atoms with Crippen molar-refractivity contribution in [3.05, 3.63) is 58.1 Å². The van der Waals surface area contributed by atoms with Crippen LogP contribution in [0.5, 0.6) is 0 Å². The highest BCUT2D eigenvalue weighted by molar-refractivity contribution is 7.93. The molecule has 0 unspecified atom stereocenters. The fourth-order valence-electron chi connectivity index (χ4n) is 2.69. The van der Waals surface area contributed by atoms with Crippen molar-refractivity contribution in [2.45, 2.75) is 12.8 Å². The molecule has 0 saturated carbocycles. The van der Waals surface area contributed by atoms with Crippen molar-refractivity contribution in [2.75, 3.05) is 21.9 Å². The number of carbonyl (C=O) groups is 1. The van der Waals surface area contributed by atoms with Crippen LogP contribution in [-0.4, -0.2) is 26.6 Å². The first-order chi connectivity index (χ1) is 11.8. The van der Waals surface area contributed by atoms with Crippen molar-refractivity contribution in [2.24, 2.45) is 0 Å². The lowest BCUT2D eigenvalue weighted by Gasteiger charge is -2.19. The molecule has 5 nitrogen and oxygen atoms in total. The summed E-state index contributed by atoms with van der Waals surface area (Å²) >= 11 is 12.0. The summed E-state index contributed by atoms with van der Waals surface area (Å²) in [5.41, 5.74) is 1.80. The van der Waals surface area contributed by atoms with E-state index >= 15 is 0 Å². The van der Waals surface area contributed by atoms with Gasteiger partial charge in [-0.2, -0.15) is 0 Å². The van der Waals surface area contributed by atoms with E-state index in [9.17, 15) is 13.2 Å². The first-order valence-electron chi connectivity index (χ1n) is 7.69. The number of hydrogen-bond acceptors (Lipinski definition) is 3. The number of anilines is 2. The van der Waals surface area contributed by atoms with E-state index in [1.54, 1.807) is 42.5 Å². The van der Waals surface area contributed by atoms with Crippen LogP contribution in [0.15, 0.2) is 42.5 Å². The van der Waals surface area contributed by atoms with Gasteiger partial charge in [-0.1, -0.05) is 35.3 Å². The highest BCUT2D eigenvalue weighted by Gasteiger charge is 2.29. The lowest BCUT2D eigenvalue weighted by molar-refractivity contribution is -0.115. The minimum Gasteiger partial charge on any atom is -0.326 e. The van der Waals surface area contributed by atoms with E-state index in [2.05, 4.69) is 5.32 Å². The van der Waals surface area contributed by atoms with Crippen LogP contribution in [0.2, 0.25) is 10.0 Å². The van der Waals surface area contributed by atoms with Gasteiger partial charge >= 0.3 is 0 Å². The van der Waals surface area contributed by atoms with Gasteiger partial charge in [0.05, 0.1) is 22.9 Å². The second-order valence-corrected chi connectivity index (χ2v) is 8.62. The first kappa shape index (κ1) is 18.0. The van der Waals surface area contributed by atoms with E-state index in [4.69, 9.17) is 23.2 Å². The molecule has 0 spiro atoms. The number of amides is 1. The van der Waals surface area contributed by atoms with Gasteiger partial charge < -0.3 is 5.32 Å². The third kappa shape index (κ3) is 4.26. The summed E-state index contributed by atoms with van der Waals surface area (Å²) in [7, 11) is -3.29. The summed E-state index contributed by atoms with van der Waals surface area (Å²) in [6.07, 6.45) is 0.787. The Labute approximate surface area is 156 Å². The highest BCUT2D eigenvalue weighted by atomic mass is 35.5. The van der Waals surface area contributed by atoms with Gasteiger partial charge in [0, 0.05) is 17.3 Å². The molecule has 1 fully saturated rings. The summed E-state index contributed by atoms with van der Waals surface area (Å²) < 4.78 is 25.3. The molecule has 2 aromatic carbocycles. The summed E-state index contributed by atoms with van der Waals surface area (Å²) in [6.45, 7) is 0.421. The summed E-state index contributed by atoms with van der Waals surface area (Å²) in [5, 5.41) is 3.66. The summed E-state index contributed by atoms with van der Waals surface area (Å²) in [4.78, 5) is 12.1. The highest BCUT2D eigenvalue weighted by Crippen LogP contribution is 2.33. The Morgan fingerprint density at radius 3 is 2.44 bits per heavy atom. The average Bonchev–Trinajstić information content (AvgIpc) is 2.89. The van der Waals surface area contributed by atoms with Crippen LogP contribution in [0.1, 0.15) is 12.0 Å². The van der Waals surface area contributed by atoms with Crippen molar-refractivity contribution in [1.29, 1.82) is 0 Å². The van der Waals surface area contributed by atoms with E-state index in [0.29, 0.717) is 29.4 Å². The molecule has 0 bridgehead atoms. The van der Waals surface area contributed by atoms with Crippen LogP contribution in [0, 0.1) is 0 Å². The Hall–Kier alpha value is -1.76. The Morgan fingerprint density at radius 2 is 1.84 bits per heavy atom. The average molecular weight is 399 g/mol. The molecule has 0 aliphatic carbocycles. The molecule has 25 heavy (non-hydrogen) atoms. The van der Waals surface area contributed by atoms with Crippen molar-refractivity contribution in [1.82, 2.24) is 0 Å². The SMILES string of the molecule is O=C(Cc1ccc(Cl)cc1)Nc1ccc(N2CCCS2(=O)=O)c(Cl)c1. The summed E-state index contributed by atoms with van der Waals surface area (Å²) in [6, 6.07) is 11.9. The topological polar surface area (TPSA) is 66.5 Å². The van der Waals surface area contributed by atoms with Crippen LogP contribution in [0.3, 0.4) is 0 Å². The van der Waals surface area contributed by atoms with E-state index in [-0.39, 0.29) is 23.1 Å². The molecule has 1 aliphatic rings. The molecular weight excluding hydrogens is 383 g/mol. The molecule has 3 rings (SSSR count). The number of halogens is 2. The van der Waals surface area contributed by atoms with Gasteiger partial charge in [-0.3, -0.25) is 9.10 Å². The monoisotopic (exact) mass is 398 g/mol. The number of hydrogen-bond donors (Lipinski definition) is 1. The van der Waals surface area contributed by atoms with Crippen LogP contribution in [0.4, 0.5) is 11.4 Å². The van der Waals surface area contributed by atoms with Crippen molar-refractivity contribution in [3.63, 3.8) is 0 Å². The zero-order valence-corrected chi connectivity index (χ0v) is 15.5. The Kier molecular flexibility index (Phi) is 5.22. The maximum absolute atomic E-state index is 12.1. The Balaban J connectivity index is 1.70. The van der Waals surface area contributed by atoms with Gasteiger partial charge in [0.25, 0.3) is 0 Å². The van der Waals surface area contributed by atoms with Crippen LogP contribution in [-0.2, 0) is 21.2 Å². The van der Waals surface area contributed by atoms with Gasteiger partial charge in [0.15, 0.2) is 0 Å². The van der Waals surface area contributed by atoms with Gasteiger partial charge in [-0.05, 0) is 42.3 Å². The van der Waals surface area contributed by atoms with Crippen LogP contribution in [0.25, 0.3) is 0 Å². The fourth-order valence-corrected chi connectivity index (χ4v) is 4.73. The molecule has 1 heterocycles. The standard InChI is InChI=1S/C17H16Cl2N2O3S/c18-13-4-2-12(3-5-13)10-17(22)20-14-6-7-16(15(19)11-14)21-8-1-9-25(21,23)24/h2-7,11H,1,8-10H2,(H,20,22). The van der Waals surface area contributed by atoms with E-state index < -0.39 is 10.0 Å². The van der Waals surface area contributed by atoms with Gasteiger partial charge in [-0.15, -0.1) is 0 Å². The van der Waals surface area contributed by atoms with E-state index in [1.807, 2.05) is 0 Å². The van der Waals surface area contributed by atoms with Crippen molar-refractivity contribution >= 4 is 50.5 Å². The lowest BCUT2D eigenvalue weighted by Crippen LogP contribution is -2.25. The van der Waals surface area contributed by atoms with Crippen molar-refractivity contribution < 1.29 is 13.2 Å². The maximum Gasteiger partial charge on any atom is 0.235 e. The number of sulfonamides is 1. The van der Waals surface area contributed by atoms with Crippen molar-refractivity contribution in [3.8, 4) is 0 Å². The van der Waals surface area contributed by atoms with Gasteiger partial charge in [0.1, 0.15) is 0 Å². The molecule has 1 amide bonds. The van der Waals surface area contributed by atoms with Crippen LogP contribution >= 0.6 is 23.2 Å². The van der Waals surface area contributed by atoms with Crippen LogP contribution < -0.4 is 9.62 Å². The fraction of sp³-hybridized carbons (Fsp3) is 0.235. The molecule has 0 atom stereocenters. The molecular formula is C17H16Cl2N2O3S. The molecule has 132 valence electrons. The van der Waals surface area contributed by atoms with E-state index in [1.165, 1.54) is 4.31 Å². The molecule has 8 heteroatoms. The zero-order chi connectivity index (χ0) is 18.0. The summed E-state index contributed by atoms with van der Waals surface area (Å²) in [5.74, 6) is -0.0666. The number of nitrogens with zero attached hydrogens (tertiary/aromatic N) is 1. The van der Waals surface area contributed by atoms with Gasteiger partial charge in [-0.25, -0.2) is 8.42 Å². The third-order valence-electron chi connectivity index (χ3n) is 3.88. The number of nitrogens with one attached hydrogen (secondary N) is 1. The predicted molar refractivity (Wildman–Crippen MR) is 101 cm³/mol. The number of benzene rings is 2. The molecule has 0 aromatic heterocycles. The second-order valence-electron chi connectivity index (χ2n) is 5.76. The number of rotatable bonds is 4. The molecule has 1 aliphatic heterocycles. The minimum absolute atomic E-state index is 0.128. The van der Waals surface area contributed by atoms with E-state index in [0.717, 1.165) is 5.56 Å². The molecule has 1 N–H and O–H groups in total. The normalized spacial score (nSPS) is 16.0. The minimum atomic E-state index is -3.29. The third-order valence-corrected chi connectivity index (χ3v) is 6.29. The van der Waals surface area contributed by atoms with Gasteiger partial charge in [0.2, 0.25) is 15.9 Å². The zero-order valence-electron chi connectivity index (χ0n) is 13.2. The Morgan fingerprint density at radius 1 is 1.12 bits per heavy atom. The molecule has 0 radical (unpaired) electrons. The molecule has 1 saturated heterocycles. The predicted octanol–water partition coefficient (Wildman–Crippen LogP) is 3.71. The number of carbonyl (C=O) groups excluding carboxylic acids is 1. The smallest absolute Gasteiger partial charge is 0.235 e. The lowest BCUT2D eigenvalue weighted by atomic mass is 10.1. The maximum atomic E-state index is 12.1. The first-order valence-corrected chi connectivity index (χ1v) is 10.1.